The van der Waals surface area contributed by atoms with Crippen molar-refractivity contribution in [3.8, 4) is 11.5 Å². The fraction of sp³-hybridized carbons (Fsp3) is 0.167. The van der Waals surface area contributed by atoms with Crippen LogP contribution in [0.2, 0.25) is 0 Å². The molecule has 0 fully saturated rings. The number of amides is 1. The minimum atomic E-state index is -0.397. The highest BCUT2D eigenvalue weighted by Crippen LogP contribution is 2.24. The van der Waals surface area contributed by atoms with Gasteiger partial charge in [-0.15, -0.1) is 10.2 Å². The van der Waals surface area contributed by atoms with Crippen molar-refractivity contribution in [1.82, 2.24) is 15.1 Å². The van der Waals surface area contributed by atoms with Gasteiger partial charge in [-0.2, -0.15) is 0 Å². The van der Waals surface area contributed by atoms with E-state index in [0.29, 0.717) is 22.6 Å². The van der Waals surface area contributed by atoms with Gasteiger partial charge in [0.05, 0.1) is 6.04 Å². The van der Waals surface area contributed by atoms with E-state index in [1.165, 1.54) is 17.4 Å². The van der Waals surface area contributed by atoms with E-state index in [1.807, 2.05) is 0 Å². The zero-order valence-electron chi connectivity index (χ0n) is 13.3. The van der Waals surface area contributed by atoms with E-state index < -0.39 is 6.04 Å². The molecule has 0 saturated heterocycles. The van der Waals surface area contributed by atoms with E-state index in [4.69, 9.17) is 4.42 Å². The Hall–Kier alpha value is -3.02. The minimum Gasteiger partial charge on any atom is -0.423 e. The van der Waals surface area contributed by atoms with Crippen molar-refractivity contribution in [3.05, 3.63) is 71.9 Å². The van der Waals surface area contributed by atoms with Gasteiger partial charge in [-0.25, -0.2) is 4.39 Å². The van der Waals surface area contributed by atoms with Crippen molar-refractivity contribution >= 4 is 5.91 Å². The van der Waals surface area contributed by atoms with E-state index in [9.17, 15) is 9.18 Å². The van der Waals surface area contributed by atoms with Crippen LogP contribution in [-0.2, 0) is 0 Å². The van der Waals surface area contributed by atoms with Crippen LogP contribution >= 0.6 is 0 Å². The molecule has 6 heteroatoms. The predicted octanol–water partition coefficient (Wildman–Crippen LogP) is 3.71. The molecule has 1 heterocycles. The van der Waals surface area contributed by atoms with E-state index in [1.54, 1.807) is 56.4 Å². The lowest BCUT2D eigenvalue weighted by atomic mass is 10.0. The SMILES string of the molecule is CC(c1ccccc1F)N(C)C(=O)c1cccc(-c2nnco2)c1. The molecule has 0 aliphatic carbocycles. The van der Waals surface area contributed by atoms with Crippen LogP contribution in [0.3, 0.4) is 0 Å². The second-order valence-electron chi connectivity index (χ2n) is 5.44. The first kappa shape index (κ1) is 15.9. The molecule has 5 nitrogen and oxygen atoms in total. The topological polar surface area (TPSA) is 59.2 Å². The number of hydrogen-bond donors (Lipinski definition) is 0. The summed E-state index contributed by atoms with van der Waals surface area (Å²) in [4.78, 5) is 14.2. The molecule has 0 aliphatic heterocycles. The van der Waals surface area contributed by atoms with Gasteiger partial charge in [0.25, 0.3) is 5.91 Å². The van der Waals surface area contributed by atoms with Gasteiger partial charge in [0.15, 0.2) is 0 Å². The van der Waals surface area contributed by atoms with Crippen molar-refractivity contribution < 1.29 is 13.6 Å². The van der Waals surface area contributed by atoms with Crippen LogP contribution in [0.5, 0.6) is 0 Å². The van der Waals surface area contributed by atoms with Crippen molar-refractivity contribution in [2.75, 3.05) is 7.05 Å². The minimum absolute atomic E-state index is 0.216. The van der Waals surface area contributed by atoms with Crippen molar-refractivity contribution in [2.24, 2.45) is 0 Å². The smallest absolute Gasteiger partial charge is 0.254 e. The standard InChI is InChI=1S/C18H16FN3O2/c1-12(15-8-3-4-9-16(15)19)22(2)18(23)14-7-5-6-13(10-14)17-21-20-11-24-17/h3-12H,1-2H3. The molecule has 1 unspecified atom stereocenters. The lowest BCUT2D eigenvalue weighted by Gasteiger charge is -2.26. The number of aromatic nitrogens is 2. The van der Waals surface area contributed by atoms with Crippen LogP contribution < -0.4 is 0 Å². The fourth-order valence-electron chi connectivity index (χ4n) is 2.49. The second-order valence-corrected chi connectivity index (χ2v) is 5.44. The van der Waals surface area contributed by atoms with Crippen molar-refractivity contribution in [3.63, 3.8) is 0 Å². The number of halogens is 1. The molecule has 2 aromatic carbocycles. The zero-order valence-corrected chi connectivity index (χ0v) is 13.3. The zero-order chi connectivity index (χ0) is 17.1. The number of rotatable bonds is 4. The average molecular weight is 325 g/mol. The monoisotopic (exact) mass is 325 g/mol. The number of carbonyl (C=O) groups is 1. The quantitative estimate of drug-likeness (QED) is 0.734. The van der Waals surface area contributed by atoms with Gasteiger partial charge in [0.2, 0.25) is 12.3 Å². The van der Waals surface area contributed by atoms with Crippen molar-refractivity contribution in [1.29, 1.82) is 0 Å². The van der Waals surface area contributed by atoms with Gasteiger partial charge in [0, 0.05) is 23.7 Å². The van der Waals surface area contributed by atoms with Crippen LogP contribution in [0.25, 0.3) is 11.5 Å². The number of benzene rings is 2. The highest BCUT2D eigenvalue weighted by molar-refractivity contribution is 5.95. The van der Waals surface area contributed by atoms with E-state index in [0.717, 1.165) is 0 Å². The Balaban J connectivity index is 1.86. The first-order chi connectivity index (χ1) is 11.6. The lowest BCUT2D eigenvalue weighted by molar-refractivity contribution is 0.0740. The van der Waals surface area contributed by atoms with Crippen molar-refractivity contribution in [2.45, 2.75) is 13.0 Å². The molecule has 0 saturated carbocycles. The van der Waals surface area contributed by atoms with Gasteiger partial charge < -0.3 is 9.32 Å². The maximum absolute atomic E-state index is 14.0. The summed E-state index contributed by atoms with van der Waals surface area (Å²) in [6, 6.07) is 13.0. The fourth-order valence-corrected chi connectivity index (χ4v) is 2.49. The molecule has 0 aliphatic rings. The Kier molecular flexibility index (Phi) is 4.37. The summed E-state index contributed by atoms with van der Waals surface area (Å²) in [6.45, 7) is 1.79. The average Bonchev–Trinajstić information content (AvgIpc) is 3.15. The number of hydrogen-bond acceptors (Lipinski definition) is 4. The molecule has 0 spiro atoms. The maximum atomic E-state index is 14.0. The van der Waals surface area contributed by atoms with E-state index >= 15 is 0 Å². The van der Waals surface area contributed by atoms with Crippen LogP contribution in [0.15, 0.2) is 59.3 Å². The normalized spacial score (nSPS) is 12.0. The van der Waals surface area contributed by atoms with Gasteiger partial charge in [0.1, 0.15) is 5.82 Å². The molecule has 0 bridgehead atoms. The summed E-state index contributed by atoms with van der Waals surface area (Å²) in [7, 11) is 1.65. The number of nitrogens with zero attached hydrogens (tertiary/aromatic N) is 3. The summed E-state index contributed by atoms with van der Waals surface area (Å²) in [5.41, 5.74) is 1.60. The molecule has 24 heavy (non-hydrogen) atoms. The van der Waals surface area contributed by atoms with E-state index in [2.05, 4.69) is 10.2 Å². The summed E-state index contributed by atoms with van der Waals surface area (Å²) in [5.74, 6) is -0.203. The Morgan fingerprint density at radius 1 is 1.21 bits per heavy atom. The summed E-state index contributed by atoms with van der Waals surface area (Å²) >= 11 is 0. The van der Waals surface area contributed by atoms with Gasteiger partial charge >= 0.3 is 0 Å². The lowest BCUT2D eigenvalue weighted by Crippen LogP contribution is -2.30. The molecule has 0 radical (unpaired) electrons. The first-order valence-corrected chi connectivity index (χ1v) is 7.46. The van der Waals surface area contributed by atoms with Gasteiger partial charge in [-0.05, 0) is 31.2 Å². The summed E-state index contributed by atoms with van der Waals surface area (Å²) in [6.07, 6.45) is 1.23. The largest absolute Gasteiger partial charge is 0.423 e. The van der Waals surface area contributed by atoms with Crippen LogP contribution in [0, 0.1) is 5.82 Å². The first-order valence-electron chi connectivity index (χ1n) is 7.46. The molecular formula is C18H16FN3O2. The van der Waals surface area contributed by atoms with Crippen LogP contribution in [0.4, 0.5) is 4.39 Å². The Morgan fingerprint density at radius 3 is 2.71 bits per heavy atom. The molecule has 0 N–H and O–H groups in total. The third-order valence-electron chi connectivity index (χ3n) is 3.97. The Labute approximate surface area is 138 Å². The Bertz CT molecular complexity index is 849. The summed E-state index contributed by atoms with van der Waals surface area (Å²) in [5, 5.41) is 7.47. The highest BCUT2D eigenvalue weighted by Gasteiger charge is 2.21. The van der Waals surface area contributed by atoms with Gasteiger partial charge in [-0.3, -0.25) is 4.79 Å². The number of carbonyl (C=O) groups excluding carboxylic acids is 1. The third kappa shape index (κ3) is 3.03. The van der Waals surface area contributed by atoms with Crippen LogP contribution in [0.1, 0.15) is 28.9 Å². The maximum Gasteiger partial charge on any atom is 0.254 e. The molecule has 1 amide bonds. The predicted molar refractivity (Wildman–Crippen MR) is 86.6 cm³/mol. The molecular weight excluding hydrogens is 309 g/mol. The summed E-state index contributed by atoms with van der Waals surface area (Å²) < 4.78 is 19.1. The molecule has 3 aromatic rings. The molecule has 1 atom stereocenters. The third-order valence-corrected chi connectivity index (χ3v) is 3.97. The van der Waals surface area contributed by atoms with Gasteiger partial charge in [-0.1, -0.05) is 24.3 Å². The molecule has 3 rings (SSSR count). The Morgan fingerprint density at radius 2 is 2.00 bits per heavy atom. The molecule has 1 aromatic heterocycles. The van der Waals surface area contributed by atoms with Crippen LogP contribution in [-0.4, -0.2) is 28.1 Å². The highest BCUT2D eigenvalue weighted by atomic mass is 19.1. The molecule has 122 valence electrons. The second kappa shape index (κ2) is 6.62. The van der Waals surface area contributed by atoms with E-state index in [-0.39, 0.29) is 11.7 Å².